The second-order valence-electron chi connectivity index (χ2n) is 7.75. The molecule has 0 saturated heterocycles. The van der Waals surface area contributed by atoms with Gasteiger partial charge >= 0.3 is 6.01 Å². The Balaban J connectivity index is 1.85. The zero-order valence-corrected chi connectivity index (χ0v) is 18.1. The molecule has 0 unspecified atom stereocenters. The molecule has 3 aromatic rings. The van der Waals surface area contributed by atoms with Crippen molar-refractivity contribution < 1.29 is 14.6 Å². The van der Waals surface area contributed by atoms with E-state index in [-0.39, 0.29) is 0 Å². The van der Waals surface area contributed by atoms with Gasteiger partial charge in [-0.2, -0.15) is 4.98 Å². The van der Waals surface area contributed by atoms with Gasteiger partial charge in [0.05, 0.1) is 17.9 Å². The van der Waals surface area contributed by atoms with E-state index in [0.29, 0.717) is 38.2 Å². The highest BCUT2D eigenvalue weighted by molar-refractivity contribution is 5.60. The molecule has 0 fully saturated rings. The summed E-state index contributed by atoms with van der Waals surface area (Å²) in [7, 11) is 0. The quantitative estimate of drug-likeness (QED) is 0.494. The summed E-state index contributed by atoms with van der Waals surface area (Å²) in [5, 5.41) is 17.7. The third kappa shape index (κ3) is 6.05. The molecule has 0 amide bonds. The van der Waals surface area contributed by atoms with E-state index in [2.05, 4.69) is 22.3 Å². The molecule has 3 rings (SSSR count). The highest BCUT2D eigenvalue weighted by Gasteiger charge is 2.15. The molecule has 1 heterocycles. The van der Waals surface area contributed by atoms with Gasteiger partial charge in [-0.05, 0) is 52.0 Å². The van der Waals surface area contributed by atoms with Gasteiger partial charge in [0.15, 0.2) is 5.82 Å². The lowest BCUT2D eigenvalue weighted by Crippen LogP contribution is -2.29. The van der Waals surface area contributed by atoms with Crippen molar-refractivity contribution in [2.45, 2.75) is 33.3 Å². The van der Waals surface area contributed by atoms with E-state index in [0.717, 1.165) is 16.9 Å². The highest BCUT2D eigenvalue weighted by atomic mass is 16.5. The second-order valence-corrected chi connectivity index (χ2v) is 7.75. The number of aryl methyl sites for hydroxylation is 1. The van der Waals surface area contributed by atoms with E-state index >= 15 is 0 Å². The van der Waals surface area contributed by atoms with E-state index in [1.54, 1.807) is 18.5 Å². The molecule has 0 atom stereocenters. The third-order valence-electron chi connectivity index (χ3n) is 4.40. The molecule has 0 aliphatic rings. The maximum absolute atomic E-state index is 9.89. The number of aliphatic hydroxyl groups is 1. The van der Waals surface area contributed by atoms with Crippen LogP contribution in [0.4, 0.5) is 5.69 Å². The molecule has 0 aliphatic heterocycles. The van der Waals surface area contributed by atoms with Crippen LogP contribution in [0.25, 0.3) is 17.1 Å². The summed E-state index contributed by atoms with van der Waals surface area (Å²) in [4.78, 5) is 4.60. The number of nitrogens with one attached hydrogen (secondary N) is 1. The zero-order valence-electron chi connectivity index (χ0n) is 18.1. The highest BCUT2D eigenvalue weighted by Crippen LogP contribution is 2.25. The van der Waals surface area contributed by atoms with Crippen LogP contribution in [0.3, 0.4) is 0 Å². The Morgan fingerprint density at radius 3 is 2.37 bits per heavy atom. The SMILES string of the molecule is CCOCCOc1nc(-c2ccc(C)cc2)n(-c2ccc(NCC(C)(C)O)cc2)n1. The molecule has 0 spiro atoms. The molecule has 2 aromatic carbocycles. The molecule has 0 saturated carbocycles. The van der Waals surface area contributed by atoms with Crippen LogP contribution in [0, 0.1) is 6.92 Å². The summed E-state index contributed by atoms with van der Waals surface area (Å²) in [5.41, 5.74) is 3.14. The summed E-state index contributed by atoms with van der Waals surface area (Å²) in [6.45, 7) is 9.53. The van der Waals surface area contributed by atoms with Crippen molar-refractivity contribution in [2.24, 2.45) is 0 Å². The molecule has 7 nitrogen and oxygen atoms in total. The van der Waals surface area contributed by atoms with Crippen LogP contribution in [-0.4, -0.2) is 51.8 Å². The molecule has 0 radical (unpaired) electrons. The van der Waals surface area contributed by atoms with E-state index in [4.69, 9.17) is 9.47 Å². The normalized spacial score (nSPS) is 11.5. The minimum Gasteiger partial charge on any atom is -0.460 e. The Hall–Kier alpha value is -2.90. The number of rotatable bonds is 10. The van der Waals surface area contributed by atoms with Gasteiger partial charge in [-0.15, -0.1) is 5.10 Å². The van der Waals surface area contributed by atoms with Gasteiger partial charge in [-0.25, -0.2) is 4.68 Å². The van der Waals surface area contributed by atoms with Gasteiger partial charge in [0.1, 0.15) is 6.61 Å². The van der Waals surface area contributed by atoms with Gasteiger partial charge in [0.25, 0.3) is 0 Å². The Kier molecular flexibility index (Phi) is 7.07. The average molecular weight is 411 g/mol. The monoisotopic (exact) mass is 410 g/mol. The topological polar surface area (TPSA) is 81.4 Å². The van der Waals surface area contributed by atoms with Crippen LogP contribution in [-0.2, 0) is 4.74 Å². The second kappa shape index (κ2) is 9.73. The van der Waals surface area contributed by atoms with E-state index in [1.165, 1.54) is 5.56 Å². The molecular formula is C23H30N4O3. The van der Waals surface area contributed by atoms with Crippen LogP contribution >= 0.6 is 0 Å². The standard InChI is InChI=1S/C23H30N4O3/c1-5-29-14-15-30-22-25-21(18-8-6-17(2)7-9-18)27(26-22)20-12-10-19(11-13-20)24-16-23(3,4)28/h6-13,24,28H,5,14-16H2,1-4H3. The average Bonchev–Trinajstić information content (AvgIpc) is 3.14. The Labute approximate surface area is 177 Å². The fourth-order valence-corrected chi connectivity index (χ4v) is 2.80. The van der Waals surface area contributed by atoms with Gasteiger partial charge in [0.2, 0.25) is 0 Å². The molecule has 1 aromatic heterocycles. The lowest BCUT2D eigenvalue weighted by Gasteiger charge is -2.18. The van der Waals surface area contributed by atoms with Gasteiger partial charge < -0.3 is 19.9 Å². The smallest absolute Gasteiger partial charge is 0.336 e. The number of ether oxygens (including phenoxy) is 2. The first kappa shape index (κ1) is 21.8. The summed E-state index contributed by atoms with van der Waals surface area (Å²) in [6.07, 6.45) is 0. The summed E-state index contributed by atoms with van der Waals surface area (Å²) >= 11 is 0. The lowest BCUT2D eigenvalue weighted by atomic mass is 10.1. The molecular weight excluding hydrogens is 380 g/mol. The van der Waals surface area contributed by atoms with Gasteiger partial charge in [0, 0.05) is 24.4 Å². The number of hydrogen-bond donors (Lipinski definition) is 2. The van der Waals surface area contributed by atoms with Crippen molar-refractivity contribution >= 4 is 5.69 Å². The third-order valence-corrected chi connectivity index (χ3v) is 4.40. The van der Waals surface area contributed by atoms with Crippen LogP contribution in [0.15, 0.2) is 48.5 Å². The maximum atomic E-state index is 9.89. The van der Waals surface area contributed by atoms with Crippen molar-refractivity contribution in [1.29, 1.82) is 0 Å². The zero-order chi connectivity index (χ0) is 21.6. The number of benzene rings is 2. The van der Waals surface area contributed by atoms with Crippen LogP contribution in [0.1, 0.15) is 26.3 Å². The fourth-order valence-electron chi connectivity index (χ4n) is 2.80. The predicted octanol–water partition coefficient (Wildman–Crippen LogP) is 3.84. The first-order valence-electron chi connectivity index (χ1n) is 10.2. The molecule has 7 heteroatoms. The lowest BCUT2D eigenvalue weighted by molar-refractivity contribution is 0.0945. The maximum Gasteiger partial charge on any atom is 0.336 e. The molecule has 160 valence electrons. The minimum atomic E-state index is -0.781. The number of anilines is 1. The molecule has 0 bridgehead atoms. The van der Waals surface area contributed by atoms with Gasteiger partial charge in [-0.1, -0.05) is 29.8 Å². The van der Waals surface area contributed by atoms with E-state index < -0.39 is 5.60 Å². The first-order valence-corrected chi connectivity index (χ1v) is 10.2. The summed E-state index contributed by atoms with van der Waals surface area (Å²) in [5.74, 6) is 0.707. The van der Waals surface area contributed by atoms with Crippen molar-refractivity contribution in [3.05, 3.63) is 54.1 Å². The Morgan fingerprint density at radius 1 is 1.03 bits per heavy atom. The summed E-state index contributed by atoms with van der Waals surface area (Å²) in [6, 6.07) is 16.3. The van der Waals surface area contributed by atoms with Crippen LogP contribution in [0.2, 0.25) is 0 Å². The van der Waals surface area contributed by atoms with Crippen molar-refractivity contribution in [1.82, 2.24) is 14.8 Å². The van der Waals surface area contributed by atoms with E-state index in [9.17, 15) is 5.11 Å². The van der Waals surface area contributed by atoms with Gasteiger partial charge in [-0.3, -0.25) is 0 Å². The number of nitrogens with zero attached hydrogens (tertiary/aromatic N) is 3. The Bertz CT molecular complexity index is 929. The van der Waals surface area contributed by atoms with Crippen molar-refractivity contribution in [3.63, 3.8) is 0 Å². The first-order chi connectivity index (χ1) is 14.4. The number of aromatic nitrogens is 3. The largest absolute Gasteiger partial charge is 0.460 e. The van der Waals surface area contributed by atoms with Crippen molar-refractivity contribution in [2.75, 3.05) is 31.7 Å². The van der Waals surface area contributed by atoms with E-state index in [1.807, 2.05) is 55.5 Å². The molecule has 30 heavy (non-hydrogen) atoms. The predicted molar refractivity (Wildman–Crippen MR) is 118 cm³/mol. The number of hydrogen-bond acceptors (Lipinski definition) is 6. The summed E-state index contributed by atoms with van der Waals surface area (Å²) < 4.78 is 12.8. The molecule has 2 N–H and O–H groups in total. The van der Waals surface area contributed by atoms with Crippen molar-refractivity contribution in [3.8, 4) is 23.1 Å². The van der Waals surface area contributed by atoms with Crippen LogP contribution in [0.5, 0.6) is 6.01 Å². The Morgan fingerprint density at radius 2 is 1.73 bits per heavy atom. The fraction of sp³-hybridized carbons (Fsp3) is 0.391. The van der Waals surface area contributed by atoms with Crippen LogP contribution < -0.4 is 10.1 Å². The molecule has 0 aliphatic carbocycles. The minimum absolute atomic E-state index is 0.314.